The first-order valence-electron chi connectivity index (χ1n) is 11.4. The molecule has 174 valence electrons. The fourth-order valence-electron chi connectivity index (χ4n) is 4.02. The second-order valence-corrected chi connectivity index (χ2v) is 10.7. The van der Waals surface area contributed by atoms with Crippen molar-refractivity contribution in [2.75, 3.05) is 27.2 Å². The first-order valence-corrected chi connectivity index (χ1v) is 12.9. The maximum atomic E-state index is 12.9. The molecule has 1 saturated heterocycles. The smallest absolute Gasteiger partial charge is 0.243 e. The van der Waals surface area contributed by atoms with E-state index in [1.54, 1.807) is 16.4 Å². The van der Waals surface area contributed by atoms with Crippen molar-refractivity contribution in [3.63, 3.8) is 0 Å². The molecule has 1 amide bonds. The van der Waals surface area contributed by atoms with Crippen LogP contribution in [0.3, 0.4) is 0 Å². The average Bonchev–Trinajstić information content (AvgIpc) is 3.07. The van der Waals surface area contributed by atoms with E-state index in [4.69, 9.17) is 0 Å². The largest absolute Gasteiger partial charge is 0.352 e. The summed E-state index contributed by atoms with van der Waals surface area (Å²) in [6.45, 7) is 2.54. The Bertz CT molecular complexity index is 980. The molecule has 1 fully saturated rings. The van der Waals surface area contributed by atoms with E-state index in [1.165, 1.54) is 5.56 Å². The summed E-state index contributed by atoms with van der Waals surface area (Å²) in [5, 5.41) is 3.01. The Morgan fingerprint density at radius 2 is 1.56 bits per heavy atom. The van der Waals surface area contributed by atoms with Gasteiger partial charge in [0.15, 0.2) is 0 Å². The molecule has 0 atom stereocenters. The highest BCUT2D eigenvalue weighted by Gasteiger charge is 2.24. The van der Waals surface area contributed by atoms with Crippen molar-refractivity contribution in [2.24, 2.45) is 0 Å². The van der Waals surface area contributed by atoms with Crippen LogP contribution in [-0.2, 0) is 34.3 Å². The molecule has 0 aliphatic carbocycles. The topological polar surface area (TPSA) is 69.7 Å². The summed E-state index contributed by atoms with van der Waals surface area (Å²) < 4.78 is 27.4. The fourth-order valence-corrected chi connectivity index (χ4v) is 5.54. The standard InChI is InChI=1S/C25H35N3O3S/c1-27(2)20-23-10-6-5-9-22(23)19-26-25(29)16-13-21-11-14-24(15-12-21)32(30,31)28-17-7-3-4-8-18-28/h5-6,9-12,14-15H,3-4,7-8,13,16-20H2,1-2H3,(H,26,29). The number of rotatable bonds is 9. The summed E-state index contributed by atoms with van der Waals surface area (Å²) in [4.78, 5) is 14.8. The van der Waals surface area contributed by atoms with Crippen LogP contribution in [0.15, 0.2) is 53.4 Å². The van der Waals surface area contributed by atoms with Gasteiger partial charge >= 0.3 is 0 Å². The van der Waals surface area contributed by atoms with Gasteiger partial charge < -0.3 is 10.2 Å². The lowest BCUT2D eigenvalue weighted by Gasteiger charge is -2.20. The normalized spacial score (nSPS) is 15.5. The van der Waals surface area contributed by atoms with Crippen molar-refractivity contribution in [3.8, 4) is 0 Å². The third-order valence-corrected chi connectivity index (χ3v) is 7.76. The Hall–Kier alpha value is -2.22. The van der Waals surface area contributed by atoms with Gasteiger partial charge in [-0.25, -0.2) is 8.42 Å². The minimum atomic E-state index is -3.43. The van der Waals surface area contributed by atoms with Crippen LogP contribution in [0.5, 0.6) is 0 Å². The first kappa shape index (κ1) is 24.4. The molecule has 2 aromatic carbocycles. The molecule has 32 heavy (non-hydrogen) atoms. The maximum absolute atomic E-state index is 12.9. The van der Waals surface area contributed by atoms with Crippen molar-refractivity contribution >= 4 is 15.9 Å². The Morgan fingerprint density at radius 1 is 0.938 bits per heavy atom. The highest BCUT2D eigenvalue weighted by Crippen LogP contribution is 2.21. The summed E-state index contributed by atoms with van der Waals surface area (Å²) in [6, 6.07) is 15.1. The lowest BCUT2D eigenvalue weighted by Crippen LogP contribution is -2.31. The number of carbonyl (C=O) groups excluding carboxylic acids is 1. The monoisotopic (exact) mass is 457 g/mol. The molecule has 0 bridgehead atoms. The van der Waals surface area contributed by atoms with E-state index in [1.807, 2.05) is 44.4 Å². The lowest BCUT2D eigenvalue weighted by atomic mass is 10.1. The Labute approximate surface area is 192 Å². The Morgan fingerprint density at radius 3 is 2.19 bits per heavy atom. The van der Waals surface area contributed by atoms with E-state index < -0.39 is 10.0 Å². The predicted molar refractivity (Wildman–Crippen MR) is 128 cm³/mol. The third kappa shape index (κ3) is 6.89. The van der Waals surface area contributed by atoms with Crippen LogP contribution >= 0.6 is 0 Å². The molecule has 0 spiro atoms. The summed E-state index contributed by atoms with van der Waals surface area (Å²) in [5.74, 6) is -0.00841. The van der Waals surface area contributed by atoms with Crippen molar-refractivity contribution in [2.45, 2.75) is 56.5 Å². The van der Waals surface area contributed by atoms with Crippen LogP contribution in [0.1, 0.15) is 48.8 Å². The molecule has 3 rings (SSSR count). The summed E-state index contributed by atoms with van der Waals surface area (Å²) in [7, 11) is 0.620. The van der Waals surface area contributed by atoms with Gasteiger partial charge in [0.2, 0.25) is 15.9 Å². The van der Waals surface area contributed by atoms with Gasteiger partial charge in [-0.1, -0.05) is 49.2 Å². The quantitative estimate of drug-likeness (QED) is 0.625. The lowest BCUT2D eigenvalue weighted by molar-refractivity contribution is -0.121. The highest BCUT2D eigenvalue weighted by atomic mass is 32.2. The Kier molecular flexibility index (Phi) is 8.84. The molecular weight excluding hydrogens is 422 g/mol. The van der Waals surface area contributed by atoms with Gasteiger partial charge in [0.1, 0.15) is 0 Å². The Balaban J connectivity index is 1.51. The van der Waals surface area contributed by atoms with Crippen LogP contribution in [0.2, 0.25) is 0 Å². The van der Waals surface area contributed by atoms with Crippen molar-refractivity contribution in [3.05, 3.63) is 65.2 Å². The molecule has 1 heterocycles. The van der Waals surface area contributed by atoms with Gasteiger partial charge in [0, 0.05) is 32.6 Å². The number of sulfonamides is 1. The molecule has 0 saturated carbocycles. The van der Waals surface area contributed by atoms with Crippen LogP contribution in [0.25, 0.3) is 0 Å². The minimum Gasteiger partial charge on any atom is -0.352 e. The molecule has 1 N–H and O–H groups in total. The number of benzene rings is 2. The molecule has 0 aromatic heterocycles. The van der Waals surface area contributed by atoms with Crippen molar-refractivity contribution in [1.29, 1.82) is 0 Å². The van der Waals surface area contributed by atoms with Crippen LogP contribution in [0.4, 0.5) is 0 Å². The molecule has 1 aliphatic heterocycles. The maximum Gasteiger partial charge on any atom is 0.243 e. The molecule has 0 radical (unpaired) electrons. The summed E-state index contributed by atoms with van der Waals surface area (Å²) in [5.41, 5.74) is 3.29. The summed E-state index contributed by atoms with van der Waals surface area (Å²) >= 11 is 0. The number of hydrogen-bond donors (Lipinski definition) is 1. The average molecular weight is 458 g/mol. The van der Waals surface area contributed by atoms with Gasteiger partial charge in [-0.15, -0.1) is 0 Å². The molecule has 1 aliphatic rings. The van der Waals surface area contributed by atoms with E-state index in [9.17, 15) is 13.2 Å². The van der Waals surface area contributed by atoms with E-state index >= 15 is 0 Å². The predicted octanol–water partition coefficient (Wildman–Crippen LogP) is 3.56. The van der Waals surface area contributed by atoms with Crippen molar-refractivity contribution < 1.29 is 13.2 Å². The van der Waals surface area contributed by atoms with E-state index in [0.717, 1.165) is 43.4 Å². The van der Waals surface area contributed by atoms with Gasteiger partial charge in [0.05, 0.1) is 4.90 Å². The molecule has 7 heteroatoms. The van der Waals surface area contributed by atoms with Crippen molar-refractivity contribution in [1.82, 2.24) is 14.5 Å². The highest BCUT2D eigenvalue weighted by molar-refractivity contribution is 7.89. The van der Waals surface area contributed by atoms with Gasteiger partial charge in [0.25, 0.3) is 0 Å². The molecule has 2 aromatic rings. The molecule has 6 nitrogen and oxygen atoms in total. The second kappa shape index (κ2) is 11.6. The number of nitrogens with zero attached hydrogens (tertiary/aromatic N) is 2. The molecular formula is C25H35N3O3S. The number of amides is 1. The SMILES string of the molecule is CN(C)Cc1ccccc1CNC(=O)CCc1ccc(S(=O)(=O)N2CCCCCC2)cc1. The summed E-state index contributed by atoms with van der Waals surface area (Å²) in [6.07, 6.45) is 4.98. The van der Waals surface area contributed by atoms with E-state index in [0.29, 0.717) is 37.4 Å². The third-order valence-electron chi connectivity index (χ3n) is 5.85. The fraction of sp³-hybridized carbons (Fsp3) is 0.480. The van der Waals surface area contributed by atoms with Gasteiger partial charge in [-0.2, -0.15) is 4.31 Å². The number of aryl methyl sites for hydroxylation is 1. The van der Waals surface area contributed by atoms with E-state index in [2.05, 4.69) is 16.3 Å². The van der Waals surface area contributed by atoms with Gasteiger partial charge in [-0.05, 0) is 62.2 Å². The van der Waals surface area contributed by atoms with Gasteiger partial charge in [-0.3, -0.25) is 4.79 Å². The number of carbonyl (C=O) groups is 1. The first-order chi connectivity index (χ1) is 15.4. The van der Waals surface area contributed by atoms with Crippen LogP contribution in [0, 0.1) is 0 Å². The van der Waals surface area contributed by atoms with Crippen LogP contribution in [-0.4, -0.2) is 50.7 Å². The second-order valence-electron chi connectivity index (χ2n) is 8.75. The zero-order valence-electron chi connectivity index (χ0n) is 19.2. The zero-order chi connectivity index (χ0) is 23.0. The zero-order valence-corrected chi connectivity index (χ0v) is 20.0. The number of hydrogen-bond acceptors (Lipinski definition) is 4. The molecule has 0 unspecified atom stereocenters. The van der Waals surface area contributed by atoms with Crippen LogP contribution < -0.4 is 5.32 Å². The minimum absolute atomic E-state index is 0.00841. The van der Waals surface area contributed by atoms with E-state index in [-0.39, 0.29) is 5.91 Å². The number of nitrogens with one attached hydrogen (secondary N) is 1.